The molecule has 0 unspecified atom stereocenters. The number of halogens is 1. The van der Waals surface area contributed by atoms with Gasteiger partial charge in [0.1, 0.15) is 6.04 Å². The molecule has 1 fully saturated rings. The van der Waals surface area contributed by atoms with E-state index in [-0.39, 0.29) is 17.2 Å². The molecule has 0 bridgehead atoms. The number of hydrogen-bond acceptors (Lipinski definition) is 5. The van der Waals surface area contributed by atoms with E-state index >= 15 is 0 Å². The molecule has 1 heterocycles. The fourth-order valence-corrected chi connectivity index (χ4v) is 7.28. The van der Waals surface area contributed by atoms with Crippen LogP contribution in [0.3, 0.4) is 0 Å². The molecule has 2 amide bonds. The van der Waals surface area contributed by atoms with Gasteiger partial charge in [0.05, 0.1) is 22.2 Å². The summed E-state index contributed by atoms with van der Waals surface area (Å²) in [4.78, 5) is 30.6. The van der Waals surface area contributed by atoms with Gasteiger partial charge in [-0.2, -0.15) is 0 Å². The Balaban J connectivity index is 1.32. The number of carbonyl (C=O) groups is 2. The SMILES string of the molecule is O=C(N[C@@H](Cc1ccccc1)C(=O)Nc1cc(S(=O)(=O)Nc2ccc(Cl)cc2)ccc1N1CCCC1)C(c1ccccc1)c1ccccc1. The van der Waals surface area contributed by atoms with Gasteiger partial charge in [0, 0.05) is 30.2 Å². The molecule has 1 aliphatic rings. The average molecular weight is 693 g/mol. The molecule has 0 spiro atoms. The summed E-state index contributed by atoms with van der Waals surface area (Å²) in [6.45, 7) is 1.55. The van der Waals surface area contributed by atoms with Crippen molar-refractivity contribution < 1.29 is 18.0 Å². The van der Waals surface area contributed by atoms with E-state index in [4.69, 9.17) is 11.6 Å². The number of anilines is 3. The van der Waals surface area contributed by atoms with E-state index in [1.807, 2.05) is 91.0 Å². The first kappa shape index (κ1) is 33.8. The molecule has 1 aliphatic heterocycles. The number of amides is 2. The van der Waals surface area contributed by atoms with Crippen molar-refractivity contribution in [2.75, 3.05) is 28.0 Å². The van der Waals surface area contributed by atoms with Gasteiger partial charge in [0.25, 0.3) is 10.0 Å². The zero-order chi connectivity index (χ0) is 34.2. The second kappa shape index (κ2) is 15.4. The van der Waals surface area contributed by atoms with E-state index < -0.39 is 27.9 Å². The van der Waals surface area contributed by atoms with Gasteiger partial charge in [-0.15, -0.1) is 0 Å². The molecule has 1 atom stereocenters. The molecule has 49 heavy (non-hydrogen) atoms. The fourth-order valence-electron chi connectivity index (χ4n) is 6.07. The van der Waals surface area contributed by atoms with E-state index in [1.165, 1.54) is 12.1 Å². The van der Waals surface area contributed by atoms with Crippen LogP contribution in [0, 0.1) is 0 Å². The Morgan fingerprint density at radius 1 is 0.714 bits per heavy atom. The smallest absolute Gasteiger partial charge is 0.261 e. The van der Waals surface area contributed by atoms with Crippen LogP contribution in [-0.2, 0) is 26.0 Å². The molecule has 0 saturated carbocycles. The van der Waals surface area contributed by atoms with Gasteiger partial charge in [-0.05, 0) is 72.0 Å². The summed E-state index contributed by atoms with van der Waals surface area (Å²) in [5.74, 6) is -1.43. The highest BCUT2D eigenvalue weighted by Crippen LogP contribution is 2.33. The predicted molar refractivity (Wildman–Crippen MR) is 196 cm³/mol. The van der Waals surface area contributed by atoms with Gasteiger partial charge in [-0.1, -0.05) is 103 Å². The lowest BCUT2D eigenvalue weighted by atomic mass is 9.90. The van der Waals surface area contributed by atoms with Crippen LogP contribution in [-0.4, -0.2) is 39.4 Å². The molecule has 8 nitrogen and oxygen atoms in total. The molecule has 5 aromatic rings. The van der Waals surface area contributed by atoms with Crippen LogP contribution in [0.2, 0.25) is 5.02 Å². The molecule has 10 heteroatoms. The van der Waals surface area contributed by atoms with Crippen molar-refractivity contribution >= 4 is 50.5 Å². The van der Waals surface area contributed by atoms with Crippen LogP contribution in [0.15, 0.2) is 138 Å². The summed E-state index contributed by atoms with van der Waals surface area (Å²) in [5.41, 5.74) is 3.88. The summed E-state index contributed by atoms with van der Waals surface area (Å²) in [6.07, 6.45) is 2.20. The van der Waals surface area contributed by atoms with Crippen LogP contribution in [0.25, 0.3) is 0 Å². The number of nitrogens with one attached hydrogen (secondary N) is 3. The average Bonchev–Trinajstić information content (AvgIpc) is 3.65. The van der Waals surface area contributed by atoms with Gasteiger partial charge in [0.15, 0.2) is 0 Å². The van der Waals surface area contributed by atoms with E-state index in [0.29, 0.717) is 22.1 Å². The van der Waals surface area contributed by atoms with Crippen LogP contribution >= 0.6 is 11.6 Å². The van der Waals surface area contributed by atoms with E-state index in [9.17, 15) is 18.0 Å². The number of hydrogen-bond donors (Lipinski definition) is 3. The minimum atomic E-state index is -4.02. The lowest BCUT2D eigenvalue weighted by molar-refractivity contribution is -0.126. The molecule has 1 saturated heterocycles. The van der Waals surface area contributed by atoms with Crippen molar-refractivity contribution in [2.24, 2.45) is 0 Å². The van der Waals surface area contributed by atoms with Crippen LogP contribution in [0.5, 0.6) is 0 Å². The van der Waals surface area contributed by atoms with E-state index in [0.717, 1.165) is 42.6 Å². The van der Waals surface area contributed by atoms with Gasteiger partial charge in [-0.3, -0.25) is 14.3 Å². The third kappa shape index (κ3) is 8.49. The van der Waals surface area contributed by atoms with Crippen molar-refractivity contribution in [2.45, 2.75) is 36.1 Å². The number of rotatable bonds is 12. The molecule has 0 aliphatic carbocycles. The first-order valence-electron chi connectivity index (χ1n) is 16.2. The molecule has 0 radical (unpaired) electrons. The van der Waals surface area contributed by atoms with Gasteiger partial charge < -0.3 is 15.5 Å². The van der Waals surface area contributed by atoms with Crippen LogP contribution < -0.4 is 20.3 Å². The third-order valence-electron chi connectivity index (χ3n) is 8.52. The van der Waals surface area contributed by atoms with E-state index in [2.05, 4.69) is 20.3 Å². The van der Waals surface area contributed by atoms with Gasteiger partial charge >= 0.3 is 0 Å². The summed E-state index contributed by atoms with van der Waals surface area (Å²) >= 11 is 5.99. The Morgan fingerprint density at radius 3 is 1.88 bits per heavy atom. The van der Waals surface area contributed by atoms with E-state index in [1.54, 1.807) is 30.3 Å². The molecule has 3 N–H and O–H groups in total. The first-order valence-corrected chi connectivity index (χ1v) is 18.1. The zero-order valence-corrected chi connectivity index (χ0v) is 28.3. The lowest BCUT2D eigenvalue weighted by Gasteiger charge is -2.26. The standard InChI is InChI=1S/C39H37ClN4O4S/c40-31-18-20-32(21-19-31)43-49(47,48)33-22-23-36(44-24-10-11-25-44)34(27-33)41-38(45)35(26-28-12-4-1-5-13-28)42-39(46)37(29-14-6-2-7-15-29)30-16-8-3-9-17-30/h1-9,12-23,27,35,37,43H,10-11,24-26H2,(H,41,45)(H,42,46)/t35-/m0/s1. The first-order chi connectivity index (χ1) is 23.8. The minimum Gasteiger partial charge on any atom is -0.370 e. The van der Waals surface area contributed by atoms with Crippen molar-refractivity contribution in [1.82, 2.24) is 5.32 Å². The largest absolute Gasteiger partial charge is 0.370 e. The zero-order valence-electron chi connectivity index (χ0n) is 26.8. The monoisotopic (exact) mass is 692 g/mol. The Morgan fingerprint density at radius 2 is 1.29 bits per heavy atom. The normalized spacial score (nSPS) is 13.6. The van der Waals surface area contributed by atoms with Crippen molar-refractivity contribution in [3.63, 3.8) is 0 Å². The predicted octanol–water partition coefficient (Wildman–Crippen LogP) is 7.24. The van der Waals surface area contributed by atoms with Crippen molar-refractivity contribution in [3.8, 4) is 0 Å². The molecule has 6 rings (SSSR count). The van der Waals surface area contributed by atoms with Crippen molar-refractivity contribution in [1.29, 1.82) is 0 Å². The molecule has 0 aromatic heterocycles. The highest BCUT2D eigenvalue weighted by Gasteiger charge is 2.30. The number of nitrogens with zero attached hydrogens (tertiary/aromatic N) is 1. The second-order valence-electron chi connectivity index (χ2n) is 12.0. The topological polar surface area (TPSA) is 108 Å². The molecular weight excluding hydrogens is 656 g/mol. The Kier molecular flexibility index (Phi) is 10.6. The fraction of sp³-hybridized carbons (Fsp3) is 0.179. The molecule has 5 aromatic carbocycles. The second-order valence-corrected chi connectivity index (χ2v) is 14.1. The summed E-state index contributed by atoms with van der Waals surface area (Å²) < 4.78 is 29.6. The third-order valence-corrected chi connectivity index (χ3v) is 10.2. The molecule has 250 valence electrons. The van der Waals surface area contributed by atoms with Gasteiger partial charge in [0.2, 0.25) is 11.8 Å². The lowest BCUT2D eigenvalue weighted by Crippen LogP contribution is -2.47. The van der Waals surface area contributed by atoms with Crippen LogP contribution in [0.1, 0.15) is 35.4 Å². The number of benzene rings is 5. The summed E-state index contributed by atoms with van der Waals surface area (Å²) in [5, 5.41) is 6.54. The summed E-state index contributed by atoms with van der Waals surface area (Å²) in [7, 11) is -4.02. The highest BCUT2D eigenvalue weighted by atomic mass is 35.5. The van der Waals surface area contributed by atoms with Crippen molar-refractivity contribution in [3.05, 3.63) is 155 Å². The Hall–Kier alpha value is -5.12. The summed E-state index contributed by atoms with van der Waals surface area (Å²) in [6, 6.07) is 38.5. The minimum absolute atomic E-state index is 0.0161. The maximum atomic E-state index is 14.3. The maximum absolute atomic E-state index is 14.3. The Labute approximate surface area is 292 Å². The number of carbonyl (C=O) groups excluding carboxylic acids is 2. The maximum Gasteiger partial charge on any atom is 0.261 e. The van der Waals surface area contributed by atoms with Gasteiger partial charge in [-0.25, -0.2) is 8.42 Å². The highest BCUT2D eigenvalue weighted by molar-refractivity contribution is 7.92. The molecular formula is C39H37ClN4O4S. The Bertz CT molecular complexity index is 1950. The quantitative estimate of drug-likeness (QED) is 0.128. The number of sulfonamides is 1. The van der Waals surface area contributed by atoms with Crippen LogP contribution in [0.4, 0.5) is 17.1 Å².